The maximum Gasteiger partial charge on any atom is 0.0941 e. The quantitative estimate of drug-likeness (QED) is 0.783. The van der Waals surface area contributed by atoms with Crippen molar-refractivity contribution in [2.45, 2.75) is 12.3 Å². The van der Waals surface area contributed by atoms with Crippen LogP contribution in [0.25, 0.3) is 0 Å². The van der Waals surface area contributed by atoms with Crippen molar-refractivity contribution in [1.82, 2.24) is 9.88 Å². The van der Waals surface area contributed by atoms with Gasteiger partial charge in [-0.15, -0.1) is 22.9 Å². The SMILES string of the molecule is O=S1CCN(CCc2nc(CCl)cs2)CC1. The van der Waals surface area contributed by atoms with E-state index in [4.69, 9.17) is 11.6 Å². The van der Waals surface area contributed by atoms with Crippen molar-refractivity contribution in [2.75, 3.05) is 31.1 Å². The summed E-state index contributed by atoms with van der Waals surface area (Å²) in [7, 11) is -0.578. The van der Waals surface area contributed by atoms with Crippen LogP contribution in [-0.4, -0.2) is 45.2 Å². The van der Waals surface area contributed by atoms with Crippen molar-refractivity contribution in [3.8, 4) is 0 Å². The Balaban J connectivity index is 1.76. The van der Waals surface area contributed by atoms with Gasteiger partial charge in [0.2, 0.25) is 0 Å². The molecule has 0 atom stereocenters. The Bertz CT molecular complexity index is 359. The summed E-state index contributed by atoms with van der Waals surface area (Å²) in [4.78, 5) is 6.79. The van der Waals surface area contributed by atoms with Crippen LogP contribution in [0.4, 0.5) is 0 Å². The normalized spacial score (nSPS) is 19.1. The summed E-state index contributed by atoms with van der Waals surface area (Å²) >= 11 is 7.39. The molecule has 1 aliphatic heterocycles. The predicted molar refractivity (Wildman–Crippen MR) is 69.7 cm³/mol. The molecule has 0 spiro atoms. The van der Waals surface area contributed by atoms with E-state index in [1.54, 1.807) is 11.3 Å². The molecule has 1 fully saturated rings. The molecular formula is C10H15ClN2OS2. The summed E-state index contributed by atoms with van der Waals surface area (Å²) in [6.07, 6.45) is 0.980. The lowest BCUT2D eigenvalue weighted by molar-refractivity contribution is 0.303. The summed E-state index contributed by atoms with van der Waals surface area (Å²) in [5.41, 5.74) is 0.974. The molecule has 16 heavy (non-hydrogen) atoms. The number of nitrogens with zero attached hydrogens (tertiary/aromatic N) is 2. The van der Waals surface area contributed by atoms with Gasteiger partial charge in [0, 0.05) is 53.7 Å². The molecule has 0 unspecified atom stereocenters. The van der Waals surface area contributed by atoms with E-state index in [0.29, 0.717) is 5.88 Å². The van der Waals surface area contributed by atoms with Crippen LogP contribution in [-0.2, 0) is 23.1 Å². The minimum absolute atomic E-state index is 0.499. The summed E-state index contributed by atoms with van der Waals surface area (Å²) in [6, 6.07) is 0. The van der Waals surface area contributed by atoms with E-state index in [1.165, 1.54) is 0 Å². The molecule has 0 bridgehead atoms. The van der Waals surface area contributed by atoms with Gasteiger partial charge < -0.3 is 4.90 Å². The molecule has 90 valence electrons. The van der Waals surface area contributed by atoms with Crippen molar-refractivity contribution < 1.29 is 4.21 Å². The van der Waals surface area contributed by atoms with Crippen molar-refractivity contribution in [3.63, 3.8) is 0 Å². The maximum atomic E-state index is 11.2. The van der Waals surface area contributed by atoms with Gasteiger partial charge in [0.15, 0.2) is 0 Å². The number of alkyl halides is 1. The average molecular weight is 279 g/mol. The van der Waals surface area contributed by atoms with E-state index in [0.717, 1.165) is 48.3 Å². The Morgan fingerprint density at radius 2 is 2.25 bits per heavy atom. The molecule has 0 N–H and O–H groups in total. The number of thiazole rings is 1. The van der Waals surface area contributed by atoms with Crippen LogP contribution < -0.4 is 0 Å². The third kappa shape index (κ3) is 3.52. The second kappa shape index (κ2) is 6.10. The highest BCUT2D eigenvalue weighted by atomic mass is 35.5. The summed E-state index contributed by atoms with van der Waals surface area (Å²) < 4.78 is 11.2. The fourth-order valence-corrected chi connectivity index (χ4v) is 3.82. The molecule has 1 aromatic heterocycles. The highest BCUT2D eigenvalue weighted by Crippen LogP contribution is 2.13. The molecule has 2 heterocycles. The lowest BCUT2D eigenvalue weighted by Gasteiger charge is -2.25. The third-order valence-electron chi connectivity index (χ3n) is 2.65. The number of halogens is 1. The molecule has 1 saturated heterocycles. The molecule has 1 aromatic rings. The Morgan fingerprint density at radius 1 is 1.50 bits per heavy atom. The number of hydrogen-bond acceptors (Lipinski definition) is 4. The summed E-state index contributed by atoms with van der Waals surface area (Å²) in [5.74, 6) is 2.15. The highest BCUT2D eigenvalue weighted by Gasteiger charge is 2.15. The second-order valence-corrected chi connectivity index (χ2v) is 6.71. The fourth-order valence-electron chi connectivity index (χ4n) is 1.68. The maximum absolute atomic E-state index is 11.2. The van der Waals surface area contributed by atoms with Crippen LogP contribution >= 0.6 is 22.9 Å². The summed E-state index contributed by atoms with van der Waals surface area (Å²) in [6.45, 7) is 2.94. The lowest BCUT2D eigenvalue weighted by Crippen LogP contribution is -2.38. The summed E-state index contributed by atoms with van der Waals surface area (Å²) in [5, 5.41) is 3.18. The molecule has 1 aliphatic rings. The number of hydrogen-bond donors (Lipinski definition) is 0. The second-order valence-electron chi connectivity index (χ2n) is 3.81. The molecule has 2 rings (SSSR count). The van der Waals surface area contributed by atoms with Crippen LogP contribution in [0, 0.1) is 0 Å². The van der Waals surface area contributed by atoms with Gasteiger partial charge in [0.1, 0.15) is 0 Å². The fraction of sp³-hybridized carbons (Fsp3) is 0.700. The standard InChI is InChI=1S/C10H15ClN2OS2/c11-7-9-8-15-10(12-9)1-2-13-3-5-16(14)6-4-13/h8H,1-7H2. The Labute approximate surface area is 107 Å². The Kier molecular flexibility index (Phi) is 4.76. The van der Waals surface area contributed by atoms with Gasteiger partial charge in [0.05, 0.1) is 16.6 Å². The first kappa shape index (κ1) is 12.5. The Hall–Kier alpha value is 0.0300. The van der Waals surface area contributed by atoms with Crippen molar-refractivity contribution in [1.29, 1.82) is 0 Å². The number of aromatic nitrogens is 1. The minimum atomic E-state index is -0.578. The first-order valence-corrected chi connectivity index (χ1v) is 8.24. The molecular weight excluding hydrogens is 264 g/mol. The van der Waals surface area contributed by atoms with Gasteiger partial charge in [-0.1, -0.05) is 0 Å². The van der Waals surface area contributed by atoms with Crippen molar-refractivity contribution in [2.24, 2.45) is 0 Å². The molecule has 0 amide bonds. The van der Waals surface area contributed by atoms with Gasteiger partial charge in [-0.2, -0.15) is 0 Å². The molecule has 0 radical (unpaired) electrons. The van der Waals surface area contributed by atoms with Crippen LogP contribution in [0.3, 0.4) is 0 Å². The monoisotopic (exact) mass is 278 g/mol. The van der Waals surface area contributed by atoms with Gasteiger partial charge >= 0.3 is 0 Å². The van der Waals surface area contributed by atoms with E-state index in [2.05, 4.69) is 9.88 Å². The molecule has 3 nitrogen and oxygen atoms in total. The van der Waals surface area contributed by atoms with Crippen molar-refractivity contribution >= 4 is 33.7 Å². The zero-order chi connectivity index (χ0) is 11.4. The van der Waals surface area contributed by atoms with Crippen LogP contribution in [0.1, 0.15) is 10.7 Å². The van der Waals surface area contributed by atoms with E-state index >= 15 is 0 Å². The zero-order valence-electron chi connectivity index (χ0n) is 9.02. The average Bonchev–Trinajstić information content (AvgIpc) is 2.76. The zero-order valence-corrected chi connectivity index (χ0v) is 11.4. The van der Waals surface area contributed by atoms with Gasteiger partial charge in [-0.3, -0.25) is 4.21 Å². The lowest BCUT2D eigenvalue weighted by atomic mass is 10.4. The topological polar surface area (TPSA) is 33.2 Å². The van der Waals surface area contributed by atoms with Crippen LogP contribution in [0.5, 0.6) is 0 Å². The smallest absolute Gasteiger partial charge is 0.0941 e. The van der Waals surface area contributed by atoms with E-state index in [9.17, 15) is 4.21 Å². The molecule has 0 aliphatic carbocycles. The third-order valence-corrected chi connectivity index (χ3v) is 5.16. The van der Waals surface area contributed by atoms with Crippen LogP contribution in [0.2, 0.25) is 0 Å². The first-order valence-electron chi connectivity index (χ1n) is 5.34. The predicted octanol–water partition coefficient (Wildman–Crippen LogP) is 1.49. The van der Waals surface area contributed by atoms with Crippen LogP contribution in [0.15, 0.2) is 5.38 Å². The van der Waals surface area contributed by atoms with Gasteiger partial charge in [-0.05, 0) is 0 Å². The molecule has 0 aromatic carbocycles. The largest absolute Gasteiger partial charge is 0.301 e. The van der Waals surface area contributed by atoms with E-state index in [-0.39, 0.29) is 0 Å². The minimum Gasteiger partial charge on any atom is -0.301 e. The molecule has 0 saturated carbocycles. The van der Waals surface area contributed by atoms with Crippen molar-refractivity contribution in [3.05, 3.63) is 16.1 Å². The first-order chi connectivity index (χ1) is 7.78. The van der Waals surface area contributed by atoms with E-state index < -0.39 is 10.8 Å². The Morgan fingerprint density at radius 3 is 2.88 bits per heavy atom. The van der Waals surface area contributed by atoms with Gasteiger partial charge in [-0.25, -0.2) is 4.98 Å². The highest BCUT2D eigenvalue weighted by molar-refractivity contribution is 7.85. The molecule has 6 heteroatoms. The van der Waals surface area contributed by atoms with E-state index in [1.807, 2.05) is 5.38 Å². The number of rotatable bonds is 4. The van der Waals surface area contributed by atoms with Gasteiger partial charge in [0.25, 0.3) is 0 Å².